The lowest BCUT2D eigenvalue weighted by Gasteiger charge is -2.24. The zero-order valence-electron chi connectivity index (χ0n) is 18.0. The molecule has 26 heavy (non-hydrogen) atoms. The van der Waals surface area contributed by atoms with E-state index in [1.54, 1.807) is 14.0 Å². The SMILES string of the molecule is CC(=O)NC(C(C)=O)[C@@H](C)OC(C)C.CNC(=O)C(C)[C@@H](C)OC(C)C. The summed E-state index contributed by atoms with van der Waals surface area (Å²) in [4.78, 5) is 33.2. The highest BCUT2D eigenvalue weighted by Crippen LogP contribution is 2.09. The van der Waals surface area contributed by atoms with E-state index in [-0.39, 0.29) is 47.9 Å². The molecule has 0 aliphatic carbocycles. The zero-order valence-corrected chi connectivity index (χ0v) is 18.0. The lowest BCUT2D eigenvalue weighted by atomic mass is 10.1. The van der Waals surface area contributed by atoms with E-state index in [0.29, 0.717) is 0 Å². The summed E-state index contributed by atoms with van der Waals surface area (Å²) in [5, 5.41) is 5.17. The monoisotopic (exact) mass is 374 g/mol. The number of hydrogen-bond acceptors (Lipinski definition) is 5. The molecule has 0 fully saturated rings. The molecular weight excluding hydrogens is 336 g/mol. The van der Waals surface area contributed by atoms with Crippen LogP contribution in [0.2, 0.25) is 0 Å². The summed E-state index contributed by atoms with van der Waals surface area (Å²) in [6, 6.07) is -0.546. The van der Waals surface area contributed by atoms with Gasteiger partial charge in [0.25, 0.3) is 0 Å². The van der Waals surface area contributed by atoms with Crippen molar-refractivity contribution in [3.8, 4) is 0 Å². The van der Waals surface area contributed by atoms with E-state index in [1.807, 2.05) is 41.5 Å². The van der Waals surface area contributed by atoms with Crippen molar-refractivity contribution in [1.29, 1.82) is 0 Å². The maximum absolute atomic E-state index is 11.2. The number of hydrogen-bond donors (Lipinski definition) is 2. The topological polar surface area (TPSA) is 93.7 Å². The van der Waals surface area contributed by atoms with Gasteiger partial charge in [-0.1, -0.05) is 6.92 Å². The van der Waals surface area contributed by atoms with Crippen molar-refractivity contribution in [2.45, 2.75) is 92.8 Å². The van der Waals surface area contributed by atoms with Crippen molar-refractivity contribution in [2.24, 2.45) is 5.92 Å². The van der Waals surface area contributed by atoms with Crippen LogP contribution in [0.4, 0.5) is 0 Å². The van der Waals surface area contributed by atoms with Gasteiger partial charge in [0, 0.05) is 14.0 Å². The van der Waals surface area contributed by atoms with Crippen molar-refractivity contribution in [3.63, 3.8) is 0 Å². The highest BCUT2D eigenvalue weighted by molar-refractivity contribution is 5.87. The van der Waals surface area contributed by atoms with E-state index in [4.69, 9.17) is 9.47 Å². The number of rotatable bonds is 9. The molecule has 0 rings (SSSR count). The first-order valence-electron chi connectivity index (χ1n) is 9.13. The first-order chi connectivity index (χ1) is 11.8. The molecule has 0 aliphatic rings. The fourth-order valence-electron chi connectivity index (χ4n) is 2.26. The fraction of sp³-hybridized carbons (Fsp3) is 0.842. The van der Waals surface area contributed by atoms with Crippen LogP contribution in [0, 0.1) is 5.92 Å². The van der Waals surface area contributed by atoms with Gasteiger partial charge in [0.15, 0.2) is 5.78 Å². The molecule has 0 heterocycles. The molecule has 0 aromatic rings. The first-order valence-corrected chi connectivity index (χ1v) is 9.13. The predicted octanol–water partition coefficient (Wildman–Crippen LogP) is 2.08. The van der Waals surface area contributed by atoms with Crippen LogP contribution in [0.5, 0.6) is 0 Å². The second-order valence-corrected chi connectivity index (χ2v) is 6.97. The minimum Gasteiger partial charge on any atom is -0.375 e. The number of carbonyl (C=O) groups is 3. The van der Waals surface area contributed by atoms with Gasteiger partial charge in [0.05, 0.1) is 30.3 Å². The van der Waals surface area contributed by atoms with E-state index in [9.17, 15) is 14.4 Å². The predicted molar refractivity (Wildman–Crippen MR) is 103 cm³/mol. The summed E-state index contributed by atoms with van der Waals surface area (Å²) in [6.45, 7) is 16.1. The van der Waals surface area contributed by atoms with Crippen molar-refractivity contribution in [2.75, 3.05) is 7.05 Å². The van der Waals surface area contributed by atoms with Crippen LogP contribution >= 0.6 is 0 Å². The number of nitrogens with one attached hydrogen (secondary N) is 2. The standard InChI is InChI=1S/C10H19NO3.C9H19NO2/c1-6(2)14-8(4)10(7(3)12)11-9(5)13;1-6(2)12-8(4)7(3)9(11)10-5/h6,8,10H,1-5H3,(H,11,13);6-8H,1-5H3,(H,10,11)/t8-,10?;7?,8-/m11/s1. The molecule has 0 radical (unpaired) electrons. The summed E-state index contributed by atoms with van der Waals surface area (Å²) in [5.41, 5.74) is 0. The van der Waals surface area contributed by atoms with E-state index in [0.717, 1.165) is 0 Å². The number of ketones is 1. The van der Waals surface area contributed by atoms with E-state index in [1.165, 1.54) is 13.8 Å². The van der Waals surface area contributed by atoms with Crippen LogP contribution in [0.1, 0.15) is 62.3 Å². The smallest absolute Gasteiger partial charge is 0.225 e. The van der Waals surface area contributed by atoms with Gasteiger partial charge < -0.3 is 20.1 Å². The highest BCUT2D eigenvalue weighted by Gasteiger charge is 2.24. The molecule has 0 aromatic carbocycles. The highest BCUT2D eigenvalue weighted by atomic mass is 16.5. The maximum Gasteiger partial charge on any atom is 0.225 e. The van der Waals surface area contributed by atoms with Gasteiger partial charge in [-0.05, 0) is 48.5 Å². The van der Waals surface area contributed by atoms with Crippen LogP contribution in [0.3, 0.4) is 0 Å². The van der Waals surface area contributed by atoms with Crippen molar-refractivity contribution < 1.29 is 23.9 Å². The van der Waals surface area contributed by atoms with Crippen molar-refractivity contribution in [1.82, 2.24) is 10.6 Å². The summed E-state index contributed by atoms with van der Waals surface area (Å²) < 4.78 is 10.9. The molecule has 0 spiro atoms. The van der Waals surface area contributed by atoms with Crippen LogP contribution in [-0.4, -0.2) is 55.1 Å². The average molecular weight is 375 g/mol. The molecular formula is C19H38N2O5. The summed E-state index contributed by atoms with van der Waals surface area (Å²) >= 11 is 0. The Kier molecular flexibility index (Phi) is 14.1. The van der Waals surface area contributed by atoms with Crippen molar-refractivity contribution in [3.05, 3.63) is 0 Å². The molecule has 0 bridgehead atoms. The van der Waals surface area contributed by atoms with E-state index >= 15 is 0 Å². The molecule has 154 valence electrons. The van der Waals surface area contributed by atoms with Gasteiger partial charge in [0.2, 0.25) is 11.8 Å². The molecule has 2 amide bonds. The Balaban J connectivity index is 0. The Morgan fingerprint density at radius 3 is 1.50 bits per heavy atom. The molecule has 7 nitrogen and oxygen atoms in total. The van der Waals surface area contributed by atoms with Crippen molar-refractivity contribution >= 4 is 17.6 Å². The van der Waals surface area contributed by atoms with Gasteiger partial charge in [-0.25, -0.2) is 0 Å². The van der Waals surface area contributed by atoms with Gasteiger partial charge in [-0.15, -0.1) is 0 Å². The molecule has 0 aromatic heterocycles. The van der Waals surface area contributed by atoms with Gasteiger partial charge in [-0.2, -0.15) is 0 Å². The van der Waals surface area contributed by atoms with Crippen LogP contribution in [0.25, 0.3) is 0 Å². The second-order valence-electron chi connectivity index (χ2n) is 6.97. The van der Waals surface area contributed by atoms with Crippen LogP contribution in [-0.2, 0) is 23.9 Å². The minimum absolute atomic E-state index is 0.0232. The Morgan fingerprint density at radius 2 is 1.19 bits per heavy atom. The molecule has 0 aliphatic heterocycles. The second kappa shape index (κ2) is 13.7. The quantitative estimate of drug-likeness (QED) is 0.644. The molecule has 4 atom stereocenters. The average Bonchev–Trinajstić information content (AvgIpc) is 2.49. The maximum atomic E-state index is 11.2. The number of amides is 2. The van der Waals surface area contributed by atoms with E-state index in [2.05, 4.69) is 10.6 Å². The third-order valence-electron chi connectivity index (χ3n) is 3.60. The normalized spacial score (nSPS) is 15.4. The lowest BCUT2D eigenvalue weighted by Crippen LogP contribution is -2.47. The summed E-state index contributed by atoms with van der Waals surface area (Å²) in [5.74, 6) is -0.363. The molecule has 2 N–H and O–H groups in total. The minimum atomic E-state index is -0.546. The third kappa shape index (κ3) is 12.8. The molecule has 0 saturated heterocycles. The first kappa shape index (κ1) is 26.8. The lowest BCUT2D eigenvalue weighted by molar-refractivity contribution is -0.130. The molecule has 7 heteroatoms. The van der Waals surface area contributed by atoms with Gasteiger partial charge >= 0.3 is 0 Å². The Hall–Kier alpha value is -1.47. The summed E-state index contributed by atoms with van der Waals surface area (Å²) in [6.07, 6.45) is -0.103. The third-order valence-corrected chi connectivity index (χ3v) is 3.60. The van der Waals surface area contributed by atoms with Gasteiger partial charge in [-0.3, -0.25) is 14.4 Å². The number of Topliss-reactive ketones (excluding diaryl/α,β-unsaturated/α-hetero) is 1. The van der Waals surface area contributed by atoms with E-state index < -0.39 is 6.04 Å². The summed E-state index contributed by atoms with van der Waals surface area (Å²) in [7, 11) is 1.64. The van der Waals surface area contributed by atoms with Crippen LogP contribution < -0.4 is 10.6 Å². The Morgan fingerprint density at radius 1 is 0.769 bits per heavy atom. The largest absolute Gasteiger partial charge is 0.375 e. The molecule has 0 saturated carbocycles. The molecule has 2 unspecified atom stereocenters. The van der Waals surface area contributed by atoms with Gasteiger partial charge in [0.1, 0.15) is 6.04 Å². The van der Waals surface area contributed by atoms with Crippen LogP contribution in [0.15, 0.2) is 0 Å². The Labute approximate surface area is 158 Å². The zero-order chi connectivity index (χ0) is 21.0. The fourth-order valence-corrected chi connectivity index (χ4v) is 2.26. The number of carbonyl (C=O) groups excluding carboxylic acids is 3. The Bertz CT molecular complexity index is 438. The number of ether oxygens (including phenoxy) is 2.